The minimum Gasteiger partial charge on any atom is -0.548 e. The molecule has 4 atom stereocenters. The van der Waals surface area contributed by atoms with Gasteiger partial charge in [0.1, 0.15) is 23.2 Å². The number of aromatic nitrogens is 1. The Balaban J connectivity index is 1.57. The molecule has 0 aliphatic carbocycles. The number of nitrogens with zero attached hydrogens (tertiary/aromatic N) is 1. The van der Waals surface area contributed by atoms with Gasteiger partial charge in [0.25, 0.3) is 5.91 Å². The number of nitrogens with one attached hydrogen (secondary N) is 3. The van der Waals surface area contributed by atoms with Gasteiger partial charge in [-0.2, -0.15) is 0 Å². The maximum absolute atomic E-state index is 13.4. The Morgan fingerprint density at radius 3 is 2.33 bits per heavy atom. The number of fused-ring (bicyclic) bond motifs is 1. The molecule has 1 aromatic heterocycles. The van der Waals surface area contributed by atoms with Crippen LogP contribution in [0.2, 0.25) is 0 Å². The van der Waals surface area contributed by atoms with Crippen LogP contribution in [0.15, 0.2) is 30.3 Å². The molecule has 2 aromatic rings. The van der Waals surface area contributed by atoms with Gasteiger partial charge < -0.3 is 30.4 Å². The van der Waals surface area contributed by atoms with Gasteiger partial charge >= 0.3 is 0 Å². The van der Waals surface area contributed by atoms with Crippen LogP contribution in [0.3, 0.4) is 0 Å². The fourth-order valence-electron chi connectivity index (χ4n) is 5.02. The van der Waals surface area contributed by atoms with Crippen LogP contribution in [0.5, 0.6) is 0 Å². The van der Waals surface area contributed by atoms with Crippen molar-refractivity contribution in [2.24, 2.45) is 0 Å². The second-order valence-corrected chi connectivity index (χ2v) is 11.3. The summed E-state index contributed by atoms with van der Waals surface area (Å²) in [4.78, 5) is 67.2. The van der Waals surface area contributed by atoms with E-state index in [4.69, 9.17) is 0 Å². The van der Waals surface area contributed by atoms with Gasteiger partial charge in [0.2, 0.25) is 11.8 Å². The van der Waals surface area contributed by atoms with Crippen molar-refractivity contribution in [2.75, 3.05) is 0 Å². The Bertz CT molecular complexity index is 1270. The summed E-state index contributed by atoms with van der Waals surface area (Å²) in [6.45, 7) is 8.19. The van der Waals surface area contributed by atoms with E-state index in [-0.39, 0.29) is 11.5 Å². The summed E-state index contributed by atoms with van der Waals surface area (Å²) in [6, 6.07) is 5.37. The van der Waals surface area contributed by atoms with Crippen molar-refractivity contribution in [3.63, 3.8) is 0 Å². The highest BCUT2D eigenvalue weighted by Crippen LogP contribution is 2.50. The molecule has 2 aliphatic rings. The number of thioether (sulfide) groups is 1. The summed E-state index contributed by atoms with van der Waals surface area (Å²) < 4.78 is -0.789. The highest BCUT2D eigenvalue weighted by molar-refractivity contribution is 8.01. The van der Waals surface area contributed by atoms with Crippen LogP contribution >= 0.6 is 11.8 Å². The summed E-state index contributed by atoms with van der Waals surface area (Å²) in [7, 11) is 0. The number of carbonyl (C=O) groups is 5. The van der Waals surface area contributed by atoms with Gasteiger partial charge in [-0.1, -0.05) is 30.3 Å². The van der Waals surface area contributed by atoms with Crippen LogP contribution < -0.4 is 15.7 Å². The first-order chi connectivity index (χ1) is 16.8. The van der Waals surface area contributed by atoms with Crippen molar-refractivity contribution in [3.05, 3.63) is 58.4 Å². The standard InChI is InChI=1S/C25H28N4O6S/c1-11-15(13(3)30)12(2)26-16(11)20(31)27-17(14-9-7-6-8-10-14)21(32)28-18-22(33)29-19(24(34)35)25(4,5)36-23(18)29/h6-10,17-19,23,26H,1-5H3,(H,27,31)(H,28,32)(H,34,35)/p-1/t17?,18-,19+,23-/m1/s1. The third-order valence-corrected chi connectivity index (χ3v) is 8.22. The molecule has 0 bridgehead atoms. The molecule has 3 N–H and O–H groups in total. The van der Waals surface area contributed by atoms with Crippen LogP contribution in [0.25, 0.3) is 0 Å². The molecule has 0 radical (unpaired) electrons. The van der Waals surface area contributed by atoms with E-state index in [2.05, 4.69) is 15.6 Å². The average molecular weight is 512 g/mol. The number of hydrogen-bond acceptors (Lipinski definition) is 7. The number of carboxylic acid groups (broad SMARTS) is 1. The zero-order valence-electron chi connectivity index (χ0n) is 20.5. The maximum Gasteiger partial charge on any atom is 0.268 e. The van der Waals surface area contributed by atoms with Crippen molar-refractivity contribution >= 4 is 41.2 Å². The van der Waals surface area contributed by atoms with Crippen molar-refractivity contribution in [1.82, 2.24) is 20.5 Å². The molecule has 0 saturated carbocycles. The third-order valence-electron chi connectivity index (χ3n) is 6.65. The maximum atomic E-state index is 13.4. The van der Waals surface area contributed by atoms with Crippen molar-refractivity contribution in [3.8, 4) is 0 Å². The first kappa shape index (κ1) is 25.5. The quantitative estimate of drug-likeness (QED) is 0.364. The molecule has 36 heavy (non-hydrogen) atoms. The number of hydrogen-bond donors (Lipinski definition) is 3. The summed E-state index contributed by atoms with van der Waals surface area (Å²) in [5, 5.41) is 16.5. The number of carboxylic acids is 1. The highest BCUT2D eigenvalue weighted by Gasteiger charge is 2.62. The molecule has 2 aliphatic heterocycles. The van der Waals surface area contributed by atoms with Gasteiger partial charge in [-0.05, 0) is 45.7 Å². The molecule has 3 amide bonds. The smallest absolute Gasteiger partial charge is 0.268 e. The number of H-pyrrole nitrogens is 1. The van der Waals surface area contributed by atoms with Gasteiger partial charge in [0, 0.05) is 16.0 Å². The van der Waals surface area contributed by atoms with Gasteiger partial charge in [0.05, 0.1) is 12.0 Å². The monoisotopic (exact) mass is 511 g/mol. The Kier molecular flexibility index (Phi) is 6.46. The minimum atomic E-state index is -1.34. The SMILES string of the molecule is CC(=O)c1c(C)[nH]c(C(=O)NC(C(=O)N[C@@H]2C(=O)N3[C@@H]2SC(C)(C)[C@@H]3C(=O)[O-])c2ccccc2)c1C. The van der Waals surface area contributed by atoms with Crippen molar-refractivity contribution < 1.29 is 29.1 Å². The van der Waals surface area contributed by atoms with Crippen LogP contribution in [0.1, 0.15) is 64.5 Å². The number of β-lactam (4-membered cyclic amide) rings is 1. The first-order valence-corrected chi connectivity index (χ1v) is 12.3. The first-order valence-electron chi connectivity index (χ1n) is 11.4. The van der Waals surface area contributed by atoms with Gasteiger partial charge in [-0.25, -0.2) is 0 Å². The molecule has 1 unspecified atom stereocenters. The number of amides is 3. The summed E-state index contributed by atoms with van der Waals surface area (Å²) in [5.74, 6) is -3.24. The Morgan fingerprint density at radius 1 is 1.14 bits per heavy atom. The number of ketones is 1. The summed E-state index contributed by atoms with van der Waals surface area (Å²) >= 11 is 1.28. The molecule has 10 nitrogen and oxygen atoms in total. The molecule has 2 saturated heterocycles. The van der Waals surface area contributed by atoms with Crippen LogP contribution in [0, 0.1) is 13.8 Å². The van der Waals surface area contributed by atoms with Crippen LogP contribution in [-0.4, -0.2) is 61.6 Å². The number of aliphatic carboxylic acids is 1. The lowest BCUT2D eigenvalue weighted by molar-refractivity contribution is -0.312. The lowest BCUT2D eigenvalue weighted by atomic mass is 9.95. The van der Waals surface area contributed by atoms with Crippen LogP contribution in [0.4, 0.5) is 0 Å². The zero-order valence-corrected chi connectivity index (χ0v) is 21.3. The number of Topliss-reactive ketones (excluding diaryl/α,β-unsaturated/α-hetero) is 1. The van der Waals surface area contributed by atoms with Gasteiger partial charge in [-0.15, -0.1) is 11.8 Å². The zero-order chi connectivity index (χ0) is 26.5. The Morgan fingerprint density at radius 2 is 1.78 bits per heavy atom. The molecule has 4 rings (SSSR count). The predicted molar refractivity (Wildman–Crippen MR) is 130 cm³/mol. The third kappa shape index (κ3) is 4.17. The Labute approximate surface area is 212 Å². The Hall–Kier alpha value is -3.60. The van der Waals surface area contributed by atoms with Crippen molar-refractivity contribution in [1.29, 1.82) is 0 Å². The van der Waals surface area contributed by atoms with E-state index in [0.29, 0.717) is 22.4 Å². The molecule has 190 valence electrons. The predicted octanol–water partition coefficient (Wildman–Crippen LogP) is 0.602. The fourth-order valence-corrected chi connectivity index (χ4v) is 6.64. The van der Waals surface area contributed by atoms with E-state index in [0.717, 1.165) is 0 Å². The van der Waals surface area contributed by atoms with Crippen LogP contribution in [-0.2, 0) is 14.4 Å². The number of rotatable bonds is 7. The van der Waals surface area contributed by atoms with Gasteiger partial charge in [0.15, 0.2) is 5.78 Å². The van der Waals surface area contributed by atoms with E-state index in [1.165, 1.54) is 23.6 Å². The lowest BCUT2D eigenvalue weighted by Crippen LogP contribution is -2.72. The molecule has 11 heteroatoms. The molecule has 1 aromatic carbocycles. The number of aromatic amines is 1. The van der Waals surface area contributed by atoms with E-state index >= 15 is 0 Å². The molecular weight excluding hydrogens is 484 g/mol. The molecule has 3 heterocycles. The number of aryl methyl sites for hydroxylation is 1. The molecular formula is C25H27N4O6S-. The molecule has 2 fully saturated rings. The van der Waals surface area contributed by atoms with Gasteiger partial charge in [-0.3, -0.25) is 19.2 Å². The second-order valence-electron chi connectivity index (χ2n) is 9.56. The lowest BCUT2D eigenvalue weighted by Gasteiger charge is -2.45. The van der Waals surface area contributed by atoms with E-state index in [9.17, 15) is 29.1 Å². The summed E-state index contributed by atoms with van der Waals surface area (Å²) in [6.07, 6.45) is 0. The average Bonchev–Trinajstić information content (AvgIpc) is 3.25. The minimum absolute atomic E-state index is 0.169. The molecule has 0 spiro atoms. The highest BCUT2D eigenvalue weighted by atomic mass is 32.2. The normalized spacial score (nSPS) is 22.9. The van der Waals surface area contributed by atoms with E-state index in [1.54, 1.807) is 58.0 Å². The summed E-state index contributed by atoms with van der Waals surface area (Å²) in [5.41, 5.74) is 2.11. The number of carbonyl (C=O) groups excluding carboxylic acids is 5. The van der Waals surface area contributed by atoms with E-state index < -0.39 is 51.9 Å². The second kappa shape index (κ2) is 9.12. The van der Waals surface area contributed by atoms with E-state index in [1.807, 2.05) is 0 Å². The number of benzene rings is 1. The topological polar surface area (TPSA) is 152 Å². The largest absolute Gasteiger partial charge is 0.548 e. The fraction of sp³-hybridized carbons (Fsp3) is 0.400. The van der Waals surface area contributed by atoms with Crippen molar-refractivity contribution in [2.45, 2.75) is 62.9 Å².